The quantitative estimate of drug-likeness (QED) is 0.818. The van der Waals surface area contributed by atoms with Crippen LogP contribution in [0.25, 0.3) is 0 Å². The summed E-state index contributed by atoms with van der Waals surface area (Å²) in [7, 11) is 1.50. The van der Waals surface area contributed by atoms with Crippen molar-refractivity contribution >= 4 is 11.6 Å². The van der Waals surface area contributed by atoms with Crippen LogP contribution in [0.4, 0.5) is 5.69 Å². The number of aromatic hydroxyl groups is 2. The minimum atomic E-state index is -0.513. The van der Waals surface area contributed by atoms with Gasteiger partial charge in [0.1, 0.15) is 17.6 Å². The molecular formula is C15H12N2O3. The number of carbonyl (C=O) groups excluding carboxylic acids is 1. The number of nitriles is 1. The topological polar surface area (TPSA) is 84.6 Å². The first-order valence-corrected chi connectivity index (χ1v) is 5.83. The van der Waals surface area contributed by atoms with Gasteiger partial charge in [0.25, 0.3) is 5.91 Å². The number of anilines is 1. The molecule has 0 aliphatic rings. The Morgan fingerprint density at radius 1 is 1.20 bits per heavy atom. The first kappa shape index (κ1) is 13.4. The number of phenols is 2. The third-order valence-corrected chi connectivity index (χ3v) is 2.90. The van der Waals surface area contributed by atoms with Crippen molar-refractivity contribution in [3.05, 3.63) is 53.6 Å². The molecule has 0 bridgehead atoms. The number of benzene rings is 2. The Kier molecular flexibility index (Phi) is 3.58. The second-order valence-electron chi connectivity index (χ2n) is 4.19. The first-order chi connectivity index (χ1) is 9.54. The van der Waals surface area contributed by atoms with Gasteiger partial charge in [-0.2, -0.15) is 5.26 Å². The Hall–Kier alpha value is -3.00. The van der Waals surface area contributed by atoms with Gasteiger partial charge >= 0.3 is 0 Å². The summed E-state index contributed by atoms with van der Waals surface area (Å²) in [5.74, 6) is -0.858. The van der Waals surface area contributed by atoms with Gasteiger partial charge in [0.15, 0.2) is 0 Å². The van der Waals surface area contributed by atoms with Gasteiger partial charge < -0.3 is 15.1 Å². The van der Waals surface area contributed by atoms with Gasteiger partial charge in [0.05, 0.1) is 16.8 Å². The highest BCUT2D eigenvalue weighted by atomic mass is 16.3. The molecule has 2 rings (SSSR count). The molecule has 0 aliphatic carbocycles. The third-order valence-electron chi connectivity index (χ3n) is 2.90. The van der Waals surface area contributed by atoms with E-state index < -0.39 is 5.91 Å². The number of nitrogens with zero attached hydrogens (tertiary/aromatic N) is 2. The number of hydrogen-bond donors (Lipinski definition) is 2. The summed E-state index contributed by atoms with van der Waals surface area (Å²) in [6, 6.07) is 12.4. The van der Waals surface area contributed by atoms with Crippen LogP contribution >= 0.6 is 0 Å². The average molecular weight is 268 g/mol. The highest BCUT2D eigenvalue weighted by Crippen LogP contribution is 2.26. The molecule has 100 valence electrons. The van der Waals surface area contributed by atoms with Gasteiger partial charge in [-0.25, -0.2) is 0 Å². The molecule has 0 aromatic heterocycles. The molecule has 5 heteroatoms. The van der Waals surface area contributed by atoms with Crippen LogP contribution in [0.2, 0.25) is 0 Å². The summed E-state index contributed by atoms with van der Waals surface area (Å²) in [6.07, 6.45) is 0. The normalized spacial score (nSPS) is 9.80. The molecule has 0 fully saturated rings. The fourth-order valence-corrected chi connectivity index (χ4v) is 1.85. The van der Waals surface area contributed by atoms with E-state index >= 15 is 0 Å². The van der Waals surface area contributed by atoms with E-state index in [0.29, 0.717) is 11.3 Å². The molecule has 20 heavy (non-hydrogen) atoms. The summed E-state index contributed by atoms with van der Waals surface area (Å²) in [6.45, 7) is 0. The van der Waals surface area contributed by atoms with Gasteiger partial charge in [0.2, 0.25) is 0 Å². The monoisotopic (exact) mass is 268 g/mol. The van der Waals surface area contributed by atoms with Crippen molar-refractivity contribution in [1.82, 2.24) is 0 Å². The number of para-hydroxylation sites is 1. The van der Waals surface area contributed by atoms with Crippen LogP contribution in [-0.4, -0.2) is 23.2 Å². The van der Waals surface area contributed by atoms with Crippen LogP contribution < -0.4 is 4.90 Å². The van der Waals surface area contributed by atoms with E-state index in [9.17, 15) is 15.0 Å². The highest BCUT2D eigenvalue weighted by molar-refractivity contribution is 6.08. The van der Waals surface area contributed by atoms with Crippen LogP contribution in [0.3, 0.4) is 0 Å². The van der Waals surface area contributed by atoms with Crippen molar-refractivity contribution in [1.29, 1.82) is 5.26 Å². The zero-order valence-corrected chi connectivity index (χ0v) is 10.7. The highest BCUT2D eigenvalue weighted by Gasteiger charge is 2.19. The smallest absolute Gasteiger partial charge is 0.261 e. The van der Waals surface area contributed by atoms with Crippen LogP contribution in [0.1, 0.15) is 15.9 Å². The number of hydrogen-bond acceptors (Lipinski definition) is 4. The van der Waals surface area contributed by atoms with E-state index in [4.69, 9.17) is 5.26 Å². The van der Waals surface area contributed by atoms with Crippen LogP contribution in [0.15, 0.2) is 42.5 Å². The molecule has 0 atom stereocenters. The lowest BCUT2D eigenvalue weighted by atomic mass is 10.1. The van der Waals surface area contributed by atoms with Crippen molar-refractivity contribution in [2.75, 3.05) is 11.9 Å². The molecule has 0 saturated carbocycles. The first-order valence-electron chi connectivity index (χ1n) is 5.83. The number of rotatable bonds is 2. The predicted molar refractivity (Wildman–Crippen MR) is 73.7 cm³/mol. The van der Waals surface area contributed by atoms with E-state index in [1.807, 2.05) is 6.07 Å². The van der Waals surface area contributed by atoms with Crippen LogP contribution in [0.5, 0.6) is 11.5 Å². The Morgan fingerprint density at radius 3 is 2.60 bits per heavy atom. The molecule has 0 radical (unpaired) electrons. The Bertz CT molecular complexity index is 705. The fourth-order valence-electron chi connectivity index (χ4n) is 1.85. The van der Waals surface area contributed by atoms with Crippen molar-refractivity contribution in [2.24, 2.45) is 0 Å². The molecule has 2 aromatic rings. The van der Waals surface area contributed by atoms with Crippen molar-refractivity contribution in [3.63, 3.8) is 0 Å². The van der Waals surface area contributed by atoms with Gasteiger partial charge in [-0.15, -0.1) is 0 Å². The van der Waals surface area contributed by atoms with Crippen molar-refractivity contribution in [3.8, 4) is 17.6 Å². The Labute approximate surface area is 115 Å². The summed E-state index contributed by atoms with van der Waals surface area (Å²) < 4.78 is 0. The Balaban J connectivity index is 2.43. The fraction of sp³-hybridized carbons (Fsp3) is 0.0667. The van der Waals surface area contributed by atoms with E-state index in [-0.39, 0.29) is 17.1 Å². The summed E-state index contributed by atoms with van der Waals surface area (Å²) in [5.41, 5.74) is 0.756. The minimum absolute atomic E-state index is 0.0276. The average Bonchev–Trinajstić information content (AvgIpc) is 2.48. The van der Waals surface area contributed by atoms with Crippen LogP contribution in [-0.2, 0) is 0 Å². The van der Waals surface area contributed by atoms with Gasteiger partial charge in [-0.1, -0.05) is 12.1 Å². The molecular weight excluding hydrogens is 256 g/mol. The molecule has 0 unspecified atom stereocenters. The molecule has 1 amide bonds. The van der Waals surface area contributed by atoms with E-state index in [0.717, 1.165) is 0 Å². The zero-order valence-electron chi connectivity index (χ0n) is 10.7. The maximum absolute atomic E-state index is 12.3. The summed E-state index contributed by atoms with van der Waals surface area (Å²) in [5, 5.41) is 28.2. The zero-order chi connectivity index (χ0) is 14.7. The third kappa shape index (κ3) is 2.40. The van der Waals surface area contributed by atoms with Crippen molar-refractivity contribution in [2.45, 2.75) is 0 Å². The lowest BCUT2D eigenvalue weighted by Gasteiger charge is -2.19. The lowest BCUT2D eigenvalue weighted by molar-refractivity contribution is 0.0990. The SMILES string of the molecule is CN(C(=O)c1cc(O)ccc1O)c1ccccc1C#N. The lowest BCUT2D eigenvalue weighted by Crippen LogP contribution is -2.27. The molecule has 0 heterocycles. The standard InChI is InChI=1S/C15H12N2O3/c1-17(13-5-3-2-4-10(13)9-16)15(20)12-8-11(18)6-7-14(12)19/h2-8,18-19H,1H3. The number of carbonyl (C=O) groups is 1. The van der Waals surface area contributed by atoms with Gasteiger partial charge in [0, 0.05) is 7.05 Å². The van der Waals surface area contributed by atoms with Crippen LogP contribution in [0, 0.1) is 11.3 Å². The van der Waals surface area contributed by atoms with E-state index in [2.05, 4.69) is 0 Å². The molecule has 0 saturated heterocycles. The number of phenolic OH excluding ortho intramolecular Hbond substituents is 2. The Morgan fingerprint density at radius 2 is 1.90 bits per heavy atom. The van der Waals surface area contributed by atoms with E-state index in [1.54, 1.807) is 24.3 Å². The summed E-state index contributed by atoms with van der Waals surface area (Å²) in [4.78, 5) is 13.6. The maximum Gasteiger partial charge on any atom is 0.261 e. The minimum Gasteiger partial charge on any atom is -0.508 e. The molecule has 0 aliphatic heterocycles. The number of amides is 1. The summed E-state index contributed by atoms with van der Waals surface area (Å²) >= 11 is 0. The molecule has 2 N–H and O–H groups in total. The molecule has 0 spiro atoms. The molecule has 5 nitrogen and oxygen atoms in total. The predicted octanol–water partition coefficient (Wildman–Crippen LogP) is 2.25. The molecule has 2 aromatic carbocycles. The van der Waals surface area contributed by atoms with Gasteiger partial charge in [-0.3, -0.25) is 4.79 Å². The maximum atomic E-state index is 12.3. The second kappa shape index (κ2) is 5.33. The van der Waals surface area contributed by atoms with Crippen molar-refractivity contribution < 1.29 is 15.0 Å². The van der Waals surface area contributed by atoms with Gasteiger partial charge in [-0.05, 0) is 30.3 Å². The largest absolute Gasteiger partial charge is 0.508 e. The second-order valence-corrected chi connectivity index (χ2v) is 4.19. The van der Waals surface area contributed by atoms with E-state index in [1.165, 1.54) is 30.1 Å².